The van der Waals surface area contributed by atoms with E-state index in [0.717, 1.165) is 0 Å². The largest absolute Gasteiger partial charge is 2.00 e. The molecule has 0 saturated carbocycles. The Hall–Kier alpha value is -0.564. The van der Waals surface area contributed by atoms with Crippen LogP contribution in [0.5, 0.6) is 0 Å². The number of hydrogen-bond acceptors (Lipinski definition) is 0. The second-order valence-electron chi connectivity index (χ2n) is 3.14. The van der Waals surface area contributed by atoms with E-state index in [1.54, 1.807) is 0 Å². The molecule has 0 saturated heterocycles. The summed E-state index contributed by atoms with van der Waals surface area (Å²) in [6.07, 6.45) is 0. The van der Waals surface area contributed by atoms with Crippen LogP contribution in [0.2, 0.25) is 13.1 Å². The van der Waals surface area contributed by atoms with Crippen molar-refractivity contribution in [2.45, 2.75) is 13.1 Å². The van der Waals surface area contributed by atoms with E-state index in [4.69, 9.17) is 0 Å². The van der Waals surface area contributed by atoms with Gasteiger partial charge in [0.05, 0.1) is 0 Å². The summed E-state index contributed by atoms with van der Waals surface area (Å²) in [4.78, 5) is 0. The van der Waals surface area contributed by atoms with Gasteiger partial charge < -0.3 is 0 Å². The molecule has 2 rings (SSSR count). The molecule has 0 N–H and O–H groups in total. The monoisotopic (exact) mass is 243 g/mol. The Morgan fingerprint density at radius 3 is 1.64 bits per heavy atom. The van der Waals surface area contributed by atoms with Crippen molar-refractivity contribution in [3.05, 3.63) is 54.6 Å². The Morgan fingerprint density at radius 2 is 1.43 bits per heavy atom. The molecule has 0 fully saturated rings. The van der Waals surface area contributed by atoms with Crippen LogP contribution in [0.25, 0.3) is 0 Å². The molecule has 0 bridgehead atoms. The Kier molecular flexibility index (Phi) is 7.49. The molecule has 0 aromatic heterocycles. The van der Waals surface area contributed by atoms with Crippen molar-refractivity contribution in [2.24, 2.45) is 0 Å². The van der Waals surface area contributed by atoms with Crippen molar-refractivity contribution in [3.8, 4) is 0 Å². The fourth-order valence-corrected chi connectivity index (χ4v) is 1.89. The minimum atomic E-state index is -0.169. The van der Waals surface area contributed by atoms with Gasteiger partial charge in [-0.3, -0.25) is 0 Å². The maximum atomic E-state index is 2.31. The third kappa shape index (κ3) is 5.23. The van der Waals surface area contributed by atoms with E-state index in [1.807, 2.05) is 30.3 Å². The van der Waals surface area contributed by atoms with E-state index in [2.05, 4.69) is 37.4 Å². The summed E-state index contributed by atoms with van der Waals surface area (Å²) < 4.78 is 0. The smallest absolute Gasteiger partial charge is 0.214 e. The minimum Gasteiger partial charge on any atom is -0.214 e. The molecule has 0 amide bonds. The quantitative estimate of drug-likeness (QED) is 0.533. The summed E-state index contributed by atoms with van der Waals surface area (Å²) in [5.41, 5.74) is 0. The minimum absolute atomic E-state index is 0. The van der Waals surface area contributed by atoms with Crippen LogP contribution >= 0.6 is 0 Å². The van der Waals surface area contributed by atoms with E-state index < -0.39 is 0 Å². The first-order chi connectivity index (χ1) is 6.30. The SMILES string of the molecule is C[Si](C)[c-]1cccc1.[Fe+2].c1cc[cH-]c1. The molecule has 75 valence electrons. The maximum Gasteiger partial charge on any atom is 2.00 e. The summed E-state index contributed by atoms with van der Waals surface area (Å²) in [5, 5.41) is 1.54. The number of rotatable bonds is 1. The summed E-state index contributed by atoms with van der Waals surface area (Å²) in [7, 11) is -0.169. The van der Waals surface area contributed by atoms with E-state index in [0.29, 0.717) is 0 Å². The van der Waals surface area contributed by atoms with Crippen LogP contribution in [0, 0.1) is 0 Å². The molecule has 0 unspecified atom stereocenters. The van der Waals surface area contributed by atoms with Gasteiger partial charge in [0.1, 0.15) is 0 Å². The molecule has 0 spiro atoms. The zero-order valence-electron chi connectivity index (χ0n) is 8.55. The van der Waals surface area contributed by atoms with Crippen molar-refractivity contribution in [1.29, 1.82) is 0 Å². The first-order valence-corrected chi connectivity index (χ1v) is 6.99. The zero-order chi connectivity index (χ0) is 9.52. The molecule has 0 heterocycles. The van der Waals surface area contributed by atoms with Crippen LogP contribution in [0.15, 0.2) is 54.6 Å². The van der Waals surface area contributed by atoms with Crippen molar-refractivity contribution in [3.63, 3.8) is 0 Å². The van der Waals surface area contributed by atoms with Gasteiger partial charge in [-0.25, -0.2) is 24.3 Å². The van der Waals surface area contributed by atoms with Gasteiger partial charge in [-0.2, -0.15) is 35.5 Å². The molecule has 1 radical (unpaired) electrons. The maximum absolute atomic E-state index is 2.31. The molecule has 2 aromatic rings. The third-order valence-corrected chi connectivity index (χ3v) is 3.28. The number of hydrogen-bond donors (Lipinski definition) is 0. The van der Waals surface area contributed by atoms with Gasteiger partial charge in [-0.05, 0) is 0 Å². The van der Waals surface area contributed by atoms with Gasteiger partial charge in [0, 0.05) is 8.80 Å². The Bertz CT molecular complexity index is 265. The Labute approximate surface area is 98.8 Å². The van der Waals surface area contributed by atoms with Crippen LogP contribution in [0.3, 0.4) is 0 Å². The van der Waals surface area contributed by atoms with Crippen LogP contribution < -0.4 is 5.19 Å². The Balaban J connectivity index is 0.000000246. The normalized spacial score (nSPS) is 8.79. The first kappa shape index (κ1) is 13.4. The predicted octanol–water partition coefficient (Wildman–Crippen LogP) is 2.77. The molecule has 0 aliphatic rings. The van der Waals surface area contributed by atoms with Gasteiger partial charge in [0.2, 0.25) is 0 Å². The topological polar surface area (TPSA) is 0 Å². The van der Waals surface area contributed by atoms with E-state index in [1.165, 1.54) is 5.19 Å². The second-order valence-corrected chi connectivity index (χ2v) is 5.71. The van der Waals surface area contributed by atoms with Crippen molar-refractivity contribution < 1.29 is 17.1 Å². The summed E-state index contributed by atoms with van der Waals surface area (Å²) in [6.45, 7) is 4.61. The molecule has 14 heavy (non-hydrogen) atoms. The van der Waals surface area contributed by atoms with Gasteiger partial charge in [0.25, 0.3) is 0 Å². The second kappa shape index (κ2) is 7.80. The third-order valence-electron chi connectivity index (χ3n) is 1.80. The molecule has 0 aliphatic heterocycles. The van der Waals surface area contributed by atoms with Crippen LogP contribution in [-0.2, 0) is 17.1 Å². The zero-order valence-corrected chi connectivity index (χ0v) is 10.7. The predicted molar refractivity (Wildman–Crippen MR) is 61.2 cm³/mol. The molecular formula is C12H15FeSi. The van der Waals surface area contributed by atoms with Crippen LogP contribution in [-0.4, -0.2) is 8.80 Å². The van der Waals surface area contributed by atoms with Crippen LogP contribution in [0.4, 0.5) is 0 Å². The van der Waals surface area contributed by atoms with Crippen molar-refractivity contribution in [2.75, 3.05) is 0 Å². The molecule has 2 heteroatoms. The first-order valence-electron chi connectivity index (χ1n) is 4.49. The standard InChI is InChI=1S/C7H10Si.C5H5.Fe/c1-8(2)7-5-3-4-6-7;1-2-4-5-3-1;/h3-6H,1-2H3;1-5H;/q2*-1;+2. The summed E-state index contributed by atoms with van der Waals surface area (Å²) >= 11 is 0. The van der Waals surface area contributed by atoms with E-state index >= 15 is 0 Å². The van der Waals surface area contributed by atoms with E-state index in [9.17, 15) is 0 Å². The Morgan fingerprint density at radius 1 is 0.929 bits per heavy atom. The van der Waals surface area contributed by atoms with Gasteiger partial charge >= 0.3 is 17.1 Å². The average Bonchev–Trinajstić information content (AvgIpc) is 2.82. The fourth-order valence-electron chi connectivity index (χ4n) is 1.03. The van der Waals surface area contributed by atoms with Crippen molar-refractivity contribution in [1.82, 2.24) is 0 Å². The van der Waals surface area contributed by atoms with Gasteiger partial charge in [0.15, 0.2) is 0 Å². The summed E-state index contributed by atoms with van der Waals surface area (Å²) in [5.74, 6) is 0. The van der Waals surface area contributed by atoms with E-state index in [-0.39, 0.29) is 25.9 Å². The van der Waals surface area contributed by atoms with Crippen LogP contribution in [0.1, 0.15) is 0 Å². The summed E-state index contributed by atoms with van der Waals surface area (Å²) in [6, 6.07) is 18.6. The molecular weight excluding hydrogens is 228 g/mol. The average molecular weight is 243 g/mol. The van der Waals surface area contributed by atoms with Gasteiger partial charge in [-0.15, -0.1) is 0 Å². The van der Waals surface area contributed by atoms with Gasteiger partial charge in [-0.1, -0.05) is 13.1 Å². The molecule has 0 nitrogen and oxygen atoms in total. The molecule has 2 aromatic carbocycles. The van der Waals surface area contributed by atoms with Crippen molar-refractivity contribution >= 4 is 14.0 Å². The molecule has 0 atom stereocenters. The fraction of sp³-hybridized carbons (Fsp3) is 0.167. The molecule has 0 aliphatic carbocycles.